The van der Waals surface area contributed by atoms with Gasteiger partial charge in [-0.3, -0.25) is 4.90 Å². The van der Waals surface area contributed by atoms with Gasteiger partial charge in [0.05, 0.1) is 23.9 Å². The average molecular weight is 348 g/mol. The van der Waals surface area contributed by atoms with Gasteiger partial charge in [-0.15, -0.1) is 5.10 Å². The Morgan fingerprint density at radius 2 is 2.13 bits per heavy atom. The van der Waals surface area contributed by atoms with Crippen molar-refractivity contribution in [1.82, 2.24) is 25.1 Å². The lowest BCUT2D eigenvalue weighted by Gasteiger charge is -2.16. The van der Waals surface area contributed by atoms with Gasteiger partial charge in [0.25, 0.3) is 0 Å². The van der Waals surface area contributed by atoms with E-state index in [1.807, 2.05) is 4.90 Å². The highest BCUT2D eigenvalue weighted by atomic mass is 35.5. The minimum Gasteiger partial charge on any atom is -0.392 e. The molecule has 0 unspecified atom stereocenters. The molecule has 1 fully saturated rings. The first kappa shape index (κ1) is 16.2. The largest absolute Gasteiger partial charge is 0.418 e. The molecule has 1 N–H and O–H groups in total. The molecular weight excluding hydrogens is 335 g/mol. The van der Waals surface area contributed by atoms with Crippen LogP contribution in [0, 0.1) is 0 Å². The lowest BCUT2D eigenvalue weighted by Crippen LogP contribution is -2.24. The van der Waals surface area contributed by atoms with Crippen molar-refractivity contribution in [2.45, 2.75) is 25.2 Å². The third-order valence-electron chi connectivity index (χ3n) is 3.64. The van der Waals surface area contributed by atoms with Crippen molar-refractivity contribution in [3.8, 4) is 5.69 Å². The predicted molar refractivity (Wildman–Crippen MR) is 75.1 cm³/mol. The minimum absolute atomic E-state index is 0.0154. The van der Waals surface area contributed by atoms with Crippen LogP contribution in [-0.4, -0.2) is 49.4 Å². The van der Waals surface area contributed by atoms with Crippen molar-refractivity contribution >= 4 is 11.6 Å². The lowest BCUT2D eigenvalue weighted by atomic mass is 10.1. The number of alkyl halides is 3. The van der Waals surface area contributed by atoms with Gasteiger partial charge in [-0.2, -0.15) is 17.9 Å². The van der Waals surface area contributed by atoms with Crippen LogP contribution in [0.2, 0.25) is 5.02 Å². The maximum atomic E-state index is 13.2. The number of likely N-dealkylation sites (tertiary alicyclic amines) is 1. The number of aromatic nitrogens is 4. The fraction of sp³-hybridized carbons (Fsp3) is 0.462. The van der Waals surface area contributed by atoms with Gasteiger partial charge < -0.3 is 5.11 Å². The molecule has 3 rings (SSSR count). The zero-order valence-electron chi connectivity index (χ0n) is 11.8. The molecule has 1 aliphatic heterocycles. The molecule has 1 aromatic carbocycles. The fourth-order valence-corrected chi connectivity index (χ4v) is 2.74. The monoisotopic (exact) mass is 347 g/mol. The first-order valence-corrected chi connectivity index (χ1v) is 7.27. The highest BCUT2D eigenvalue weighted by Crippen LogP contribution is 2.35. The van der Waals surface area contributed by atoms with Gasteiger partial charge in [-0.05, 0) is 35.0 Å². The summed E-state index contributed by atoms with van der Waals surface area (Å²) in [5, 5.41) is 20.5. The Morgan fingerprint density at radius 3 is 2.78 bits per heavy atom. The Kier molecular flexibility index (Phi) is 4.26. The highest BCUT2D eigenvalue weighted by molar-refractivity contribution is 6.30. The van der Waals surface area contributed by atoms with E-state index in [9.17, 15) is 18.3 Å². The van der Waals surface area contributed by atoms with E-state index in [0.29, 0.717) is 19.5 Å². The maximum absolute atomic E-state index is 13.2. The minimum atomic E-state index is -4.58. The van der Waals surface area contributed by atoms with Crippen LogP contribution in [-0.2, 0) is 12.7 Å². The summed E-state index contributed by atoms with van der Waals surface area (Å²) in [5.41, 5.74) is -1.08. The maximum Gasteiger partial charge on any atom is 0.418 e. The molecule has 0 spiro atoms. The standard InChI is InChI=1S/C13H13ClF3N5O/c14-8-1-2-11(10(5-8)13(15,16)17)22-12(18-19-20-22)7-21-4-3-9(23)6-21/h1-2,5,9,23H,3-4,6-7H2/t9-/m1/s1. The average Bonchev–Trinajstić information content (AvgIpc) is 3.08. The molecule has 0 saturated carbocycles. The molecule has 0 radical (unpaired) electrons. The Labute approximate surface area is 134 Å². The van der Waals surface area contributed by atoms with Gasteiger partial charge in [0.1, 0.15) is 0 Å². The number of nitrogens with zero attached hydrogens (tertiary/aromatic N) is 5. The van der Waals surface area contributed by atoms with E-state index in [1.54, 1.807) is 0 Å². The molecule has 124 valence electrons. The van der Waals surface area contributed by atoms with Crippen LogP contribution in [0.3, 0.4) is 0 Å². The number of aliphatic hydroxyl groups excluding tert-OH is 1. The van der Waals surface area contributed by atoms with Gasteiger partial charge in [0.15, 0.2) is 5.82 Å². The van der Waals surface area contributed by atoms with E-state index in [0.717, 1.165) is 10.7 Å². The summed E-state index contributed by atoms with van der Waals surface area (Å²) in [4.78, 5) is 1.88. The third-order valence-corrected chi connectivity index (χ3v) is 3.87. The number of hydrogen-bond acceptors (Lipinski definition) is 5. The number of tetrazole rings is 1. The summed E-state index contributed by atoms with van der Waals surface area (Å²) >= 11 is 5.68. The predicted octanol–water partition coefficient (Wildman–Crippen LogP) is 1.90. The Bertz CT molecular complexity index is 705. The molecule has 2 heterocycles. The summed E-state index contributed by atoms with van der Waals surface area (Å²) in [6.07, 6.45) is -4.38. The van der Waals surface area contributed by atoms with E-state index in [2.05, 4.69) is 15.5 Å². The smallest absolute Gasteiger partial charge is 0.392 e. The Morgan fingerprint density at radius 1 is 1.35 bits per heavy atom. The van der Waals surface area contributed by atoms with Gasteiger partial charge in [0.2, 0.25) is 0 Å². The summed E-state index contributed by atoms with van der Waals surface area (Å²) in [6.45, 7) is 1.34. The fourth-order valence-electron chi connectivity index (χ4n) is 2.57. The zero-order valence-corrected chi connectivity index (χ0v) is 12.6. The Balaban J connectivity index is 1.96. The third kappa shape index (κ3) is 3.46. The van der Waals surface area contributed by atoms with Gasteiger partial charge >= 0.3 is 6.18 Å². The van der Waals surface area contributed by atoms with Crippen molar-refractivity contribution in [3.05, 3.63) is 34.6 Å². The number of benzene rings is 1. The number of rotatable bonds is 3. The molecular formula is C13H13ClF3N5O. The van der Waals surface area contributed by atoms with Crippen LogP contribution in [0.5, 0.6) is 0 Å². The highest BCUT2D eigenvalue weighted by Gasteiger charge is 2.35. The molecule has 1 saturated heterocycles. The number of β-amino-alcohol motifs (C(OH)–C–C–N with tert-alkyl or cyclic N) is 1. The normalized spacial score (nSPS) is 19.4. The second kappa shape index (κ2) is 6.06. The number of halogens is 4. The van der Waals surface area contributed by atoms with E-state index in [-0.39, 0.29) is 23.1 Å². The molecule has 23 heavy (non-hydrogen) atoms. The molecule has 1 aromatic heterocycles. The SMILES string of the molecule is O[C@@H]1CCN(Cc2nnnn2-c2ccc(Cl)cc2C(F)(F)F)C1. The van der Waals surface area contributed by atoms with Crippen LogP contribution in [0.15, 0.2) is 18.2 Å². The molecule has 2 aromatic rings. The van der Waals surface area contributed by atoms with Gasteiger partial charge in [0, 0.05) is 18.1 Å². The second-order valence-electron chi connectivity index (χ2n) is 5.34. The molecule has 0 aliphatic carbocycles. The topological polar surface area (TPSA) is 67.1 Å². The molecule has 0 amide bonds. The van der Waals surface area contributed by atoms with Crippen LogP contribution < -0.4 is 0 Å². The van der Waals surface area contributed by atoms with Crippen LogP contribution >= 0.6 is 11.6 Å². The lowest BCUT2D eigenvalue weighted by molar-refractivity contribution is -0.137. The second-order valence-corrected chi connectivity index (χ2v) is 5.78. The van der Waals surface area contributed by atoms with Gasteiger partial charge in [-0.25, -0.2) is 0 Å². The molecule has 1 aliphatic rings. The first-order valence-electron chi connectivity index (χ1n) is 6.89. The van der Waals surface area contributed by atoms with Crippen molar-refractivity contribution in [3.63, 3.8) is 0 Å². The van der Waals surface area contributed by atoms with Crippen molar-refractivity contribution in [2.75, 3.05) is 13.1 Å². The van der Waals surface area contributed by atoms with E-state index < -0.39 is 17.8 Å². The van der Waals surface area contributed by atoms with Crippen molar-refractivity contribution in [2.24, 2.45) is 0 Å². The van der Waals surface area contributed by atoms with Crippen molar-refractivity contribution < 1.29 is 18.3 Å². The zero-order chi connectivity index (χ0) is 16.6. The van der Waals surface area contributed by atoms with E-state index >= 15 is 0 Å². The van der Waals surface area contributed by atoms with E-state index in [4.69, 9.17) is 11.6 Å². The molecule has 6 nitrogen and oxygen atoms in total. The summed E-state index contributed by atoms with van der Waals surface area (Å²) in [6, 6.07) is 3.45. The number of aliphatic hydroxyl groups is 1. The Hall–Kier alpha value is -1.71. The molecule has 10 heteroatoms. The quantitative estimate of drug-likeness (QED) is 0.918. The molecule has 0 bridgehead atoms. The van der Waals surface area contributed by atoms with Crippen LogP contribution in [0.4, 0.5) is 13.2 Å². The van der Waals surface area contributed by atoms with Crippen molar-refractivity contribution in [1.29, 1.82) is 0 Å². The van der Waals surface area contributed by atoms with E-state index in [1.165, 1.54) is 12.1 Å². The summed E-state index contributed by atoms with van der Waals surface area (Å²) in [5.74, 6) is 0.270. The summed E-state index contributed by atoms with van der Waals surface area (Å²) in [7, 11) is 0. The van der Waals surface area contributed by atoms with Crippen LogP contribution in [0.25, 0.3) is 5.69 Å². The molecule has 1 atom stereocenters. The van der Waals surface area contributed by atoms with Gasteiger partial charge in [-0.1, -0.05) is 11.6 Å². The first-order chi connectivity index (χ1) is 10.8. The summed E-state index contributed by atoms with van der Waals surface area (Å²) < 4.78 is 40.7. The number of hydrogen-bond donors (Lipinski definition) is 1. The van der Waals surface area contributed by atoms with Crippen LogP contribution in [0.1, 0.15) is 17.8 Å².